The number of nitrogen functional groups attached to an aromatic ring is 1. The van der Waals surface area contributed by atoms with Gasteiger partial charge in [-0.05, 0) is 69.5 Å². The van der Waals surface area contributed by atoms with Crippen LogP contribution in [0.15, 0.2) is 12.1 Å². The maximum absolute atomic E-state index is 14.5. The van der Waals surface area contributed by atoms with Gasteiger partial charge in [-0.2, -0.15) is 20.5 Å². The highest BCUT2D eigenvalue weighted by atomic mass is 19.1. The van der Waals surface area contributed by atoms with E-state index in [1.54, 1.807) is 0 Å². The summed E-state index contributed by atoms with van der Waals surface area (Å²) in [6.07, 6.45) is 7.29. The highest BCUT2D eigenvalue weighted by Gasteiger charge is 2.50. The van der Waals surface area contributed by atoms with Crippen molar-refractivity contribution in [2.24, 2.45) is 5.92 Å². The molecule has 0 unspecified atom stereocenters. The van der Waals surface area contributed by atoms with Crippen LogP contribution >= 0.6 is 0 Å². The number of nitriles is 2. The molecule has 0 bridgehead atoms. The Labute approximate surface area is 246 Å². The normalized spacial score (nSPS) is 30.6. The average molecular weight is 572 g/mol. The number of anilines is 2. The van der Waals surface area contributed by atoms with Crippen LogP contribution in [0.5, 0.6) is 6.01 Å². The van der Waals surface area contributed by atoms with E-state index in [1.165, 1.54) is 0 Å². The standard InChI is InChI=1S/C32H38FN7O2/c33-23-14-31(9-3-12-40(31)18-23)20-41-30-37-27-15-32(10-1-5-22-6-7-26(36)24(17-35)28(22)32)42-19-25(27)29(38-30)39-11-2-4-21(16-34)8-13-39/h6-7,21,23H,1-5,8-15,18-20,36H2/t21-,23+,31-,32+/m0/s1. The fraction of sp³-hybridized carbons (Fsp3) is 0.625. The van der Waals surface area contributed by atoms with Gasteiger partial charge >= 0.3 is 6.01 Å². The number of hydrogen-bond donors (Lipinski definition) is 1. The molecule has 0 radical (unpaired) electrons. The van der Waals surface area contributed by atoms with Crippen LogP contribution in [0.25, 0.3) is 0 Å². The molecule has 3 saturated heterocycles. The summed E-state index contributed by atoms with van der Waals surface area (Å²) >= 11 is 0. The van der Waals surface area contributed by atoms with Gasteiger partial charge < -0.3 is 20.1 Å². The number of alkyl halides is 1. The molecule has 9 nitrogen and oxygen atoms in total. The molecule has 1 aromatic heterocycles. The van der Waals surface area contributed by atoms with E-state index in [-0.39, 0.29) is 11.5 Å². The van der Waals surface area contributed by atoms with Crippen LogP contribution < -0.4 is 15.4 Å². The minimum atomic E-state index is -0.829. The zero-order valence-electron chi connectivity index (χ0n) is 24.1. The third-order valence-corrected chi connectivity index (χ3v) is 10.4. The fourth-order valence-electron chi connectivity index (χ4n) is 8.25. The van der Waals surface area contributed by atoms with Crippen LogP contribution in [0.4, 0.5) is 15.9 Å². The third kappa shape index (κ3) is 4.56. The zero-order valence-corrected chi connectivity index (χ0v) is 24.1. The van der Waals surface area contributed by atoms with Crippen LogP contribution in [0.3, 0.4) is 0 Å². The summed E-state index contributed by atoms with van der Waals surface area (Å²) in [6, 6.07) is 8.97. The average Bonchev–Trinajstić information content (AvgIpc) is 3.40. The largest absolute Gasteiger partial charge is 0.461 e. The summed E-state index contributed by atoms with van der Waals surface area (Å²) in [6.45, 7) is 3.58. The maximum atomic E-state index is 14.5. The summed E-state index contributed by atoms with van der Waals surface area (Å²) in [5.74, 6) is 0.850. The summed E-state index contributed by atoms with van der Waals surface area (Å²) < 4.78 is 27.6. The van der Waals surface area contributed by atoms with Gasteiger partial charge in [0.15, 0.2) is 0 Å². The number of halogens is 1. The second kappa shape index (κ2) is 10.7. The molecule has 1 spiro atoms. The lowest BCUT2D eigenvalue weighted by atomic mass is 9.72. The molecule has 10 heteroatoms. The number of nitrogens with zero attached hydrogens (tertiary/aromatic N) is 6. The van der Waals surface area contributed by atoms with Gasteiger partial charge in [-0.25, -0.2) is 4.39 Å². The monoisotopic (exact) mass is 571 g/mol. The van der Waals surface area contributed by atoms with E-state index >= 15 is 0 Å². The van der Waals surface area contributed by atoms with Crippen molar-refractivity contribution < 1.29 is 13.9 Å². The lowest BCUT2D eigenvalue weighted by molar-refractivity contribution is -0.0857. The van der Waals surface area contributed by atoms with Crippen molar-refractivity contribution in [3.05, 3.63) is 40.1 Å². The van der Waals surface area contributed by atoms with Crippen molar-refractivity contribution in [2.75, 3.05) is 43.4 Å². The van der Waals surface area contributed by atoms with Gasteiger partial charge in [0.2, 0.25) is 0 Å². The number of aromatic nitrogens is 2. The first-order chi connectivity index (χ1) is 20.4. The number of hydrogen-bond acceptors (Lipinski definition) is 9. The Bertz CT molecular complexity index is 1470. The fourth-order valence-corrected chi connectivity index (χ4v) is 8.25. The molecule has 5 aliphatic rings. The smallest absolute Gasteiger partial charge is 0.318 e. The molecule has 220 valence electrons. The molecule has 1 aliphatic carbocycles. The number of fused-ring (bicyclic) bond motifs is 4. The number of aryl methyl sites for hydroxylation is 1. The molecular formula is C32H38FN7O2. The number of benzene rings is 1. The van der Waals surface area contributed by atoms with E-state index < -0.39 is 11.8 Å². The molecule has 0 saturated carbocycles. The highest BCUT2D eigenvalue weighted by Crippen LogP contribution is 2.48. The summed E-state index contributed by atoms with van der Waals surface area (Å²) in [7, 11) is 0. The van der Waals surface area contributed by atoms with Gasteiger partial charge in [-0.3, -0.25) is 4.90 Å². The molecule has 2 N–H and O–H groups in total. The van der Waals surface area contributed by atoms with Gasteiger partial charge in [0.25, 0.3) is 0 Å². The molecule has 2 aromatic rings. The Morgan fingerprint density at radius 2 is 2.02 bits per heavy atom. The first kappa shape index (κ1) is 27.4. The first-order valence-corrected chi connectivity index (χ1v) is 15.5. The Balaban J connectivity index is 1.26. The molecular weight excluding hydrogens is 533 g/mol. The van der Waals surface area contributed by atoms with Gasteiger partial charge in [-0.15, -0.1) is 0 Å². The summed E-state index contributed by atoms with van der Waals surface area (Å²) in [5, 5.41) is 19.6. The maximum Gasteiger partial charge on any atom is 0.318 e. The van der Waals surface area contributed by atoms with E-state index in [0.29, 0.717) is 49.9 Å². The second-order valence-electron chi connectivity index (χ2n) is 12.9. The van der Waals surface area contributed by atoms with Crippen LogP contribution in [-0.2, 0) is 29.8 Å². The summed E-state index contributed by atoms with van der Waals surface area (Å²) in [5.41, 5.74) is 10.1. The Kier molecular flexibility index (Phi) is 6.95. The molecule has 4 aliphatic heterocycles. The van der Waals surface area contributed by atoms with Crippen LogP contribution in [0.2, 0.25) is 0 Å². The van der Waals surface area contributed by atoms with Crippen LogP contribution in [0.1, 0.15) is 79.3 Å². The predicted molar refractivity (Wildman–Crippen MR) is 154 cm³/mol. The highest BCUT2D eigenvalue weighted by molar-refractivity contribution is 5.63. The Hall–Kier alpha value is -3.47. The molecule has 42 heavy (non-hydrogen) atoms. The molecule has 4 atom stereocenters. The SMILES string of the molecule is N#Cc1c(N)ccc2c1[C@@]1(CCC2)Cc2nc(OC[C@@]34CCCN3C[C@H](F)C4)nc(N3CCC[C@H](C#N)CC3)c2CO1. The van der Waals surface area contributed by atoms with Crippen molar-refractivity contribution in [3.63, 3.8) is 0 Å². The van der Waals surface area contributed by atoms with Crippen molar-refractivity contribution in [1.82, 2.24) is 14.9 Å². The van der Waals surface area contributed by atoms with Crippen molar-refractivity contribution >= 4 is 11.5 Å². The minimum Gasteiger partial charge on any atom is -0.461 e. The molecule has 0 amide bonds. The number of rotatable bonds is 4. The van der Waals surface area contributed by atoms with E-state index in [0.717, 1.165) is 99.2 Å². The summed E-state index contributed by atoms with van der Waals surface area (Å²) in [4.78, 5) is 14.5. The molecule has 7 rings (SSSR count). The lowest BCUT2D eigenvalue weighted by Gasteiger charge is -2.43. The topological polar surface area (TPSA) is 124 Å². The Morgan fingerprint density at radius 3 is 2.88 bits per heavy atom. The molecule has 3 fully saturated rings. The molecule has 5 heterocycles. The van der Waals surface area contributed by atoms with E-state index in [9.17, 15) is 14.9 Å². The third-order valence-electron chi connectivity index (χ3n) is 10.4. The van der Waals surface area contributed by atoms with E-state index in [2.05, 4.69) is 21.9 Å². The van der Waals surface area contributed by atoms with Crippen molar-refractivity contribution in [1.29, 1.82) is 10.5 Å². The zero-order chi connectivity index (χ0) is 28.9. The first-order valence-electron chi connectivity index (χ1n) is 15.5. The van der Waals surface area contributed by atoms with Gasteiger partial charge in [0, 0.05) is 55.2 Å². The predicted octanol–water partition coefficient (Wildman–Crippen LogP) is 4.32. The van der Waals surface area contributed by atoms with Crippen LogP contribution in [-0.4, -0.2) is 59.4 Å². The van der Waals surface area contributed by atoms with E-state index in [4.69, 9.17) is 25.2 Å². The number of nitrogens with two attached hydrogens (primary N) is 1. The van der Waals surface area contributed by atoms with Crippen molar-refractivity contribution in [3.8, 4) is 18.1 Å². The van der Waals surface area contributed by atoms with Gasteiger partial charge in [0.1, 0.15) is 30.3 Å². The van der Waals surface area contributed by atoms with Gasteiger partial charge in [-0.1, -0.05) is 6.07 Å². The number of ether oxygens (including phenoxy) is 2. The van der Waals surface area contributed by atoms with E-state index in [1.807, 2.05) is 12.1 Å². The minimum absolute atomic E-state index is 0.0416. The van der Waals surface area contributed by atoms with Crippen molar-refractivity contribution in [2.45, 2.75) is 88.1 Å². The van der Waals surface area contributed by atoms with Crippen LogP contribution in [0, 0.1) is 28.6 Å². The quantitative estimate of drug-likeness (QED) is 0.534. The Morgan fingerprint density at radius 1 is 1.12 bits per heavy atom. The molecule has 1 aromatic carbocycles. The second-order valence-corrected chi connectivity index (χ2v) is 12.9. The van der Waals surface area contributed by atoms with Gasteiger partial charge in [0.05, 0.1) is 29.5 Å². The lowest BCUT2D eigenvalue weighted by Crippen LogP contribution is -2.44.